The highest BCUT2D eigenvalue weighted by Crippen LogP contribution is 2.45. The smallest absolute Gasteiger partial charge is 0.177 e. The standard InChI is InChI=1S/C15H22.C11H12N4/c1-11-6-7-12-13(10-11)15(4,5)9-8-14(12,2)3;1-3-8(2)9-4-6-10(7-5-9)11-12-14-15-13-11/h6-7,10H,8-9H2,1-5H3;3-7H,1-2H3,(H,12,13,14,15)/b;8-3+. The Balaban J connectivity index is 0.000000171. The third-order valence-electron chi connectivity index (χ3n) is 6.39. The summed E-state index contributed by atoms with van der Waals surface area (Å²) in [7, 11) is 0. The monoisotopic (exact) mass is 402 g/mol. The largest absolute Gasteiger partial charge is 0.204 e. The number of nitrogens with zero attached hydrogens (tertiary/aromatic N) is 3. The molecule has 0 aliphatic heterocycles. The van der Waals surface area contributed by atoms with E-state index in [0.29, 0.717) is 16.7 Å². The first kappa shape index (κ1) is 21.9. The summed E-state index contributed by atoms with van der Waals surface area (Å²) in [5, 5.41) is 13.8. The lowest BCUT2D eigenvalue weighted by Crippen LogP contribution is -2.33. The minimum absolute atomic E-state index is 0.358. The number of rotatable bonds is 2. The Kier molecular flexibility index (Phi) is 6.25. The molecule has 0 saturated carbocycles. The van der Waals surface area contributed by atoms with E-state index in [4.69, 9.17) is 0 Å². The first-order valence-electron chi connectivity index (χ1n) is 10.7. The molecule has 0 fully saturated rings. The van der Waals surface area contributed by atoms with E-state index in [1.54, 1.807) is 11.1 Å². The maximum Gasteiger partial charge on any atom is 0.204 e. The van der Waals surface area contributed by atoms with Crippen LogP contribution in [0.15, 0.2) is 48.5 Å². The van der Waals surface area contributed by atoms with E-state index in [0.717, 1.165) is 5.56 Å². The van der Waals surface area contributed by atoms with Crippen molar-refractivity contribution in [2.75, 3.05) is 0 Å². The molecule has 1 heterocycles. The molecule has 2 aromatic carbocycles. The van der Waals surface area contributed by atoms with E-state index < -0.39 is 0 Å². The molecule has 1 N–H and O–H groups in total. The minimum Gasteiger partial charge on any atom is -0.177 e. The predicted molar refractivity (Wildman–Crippen MR) is 125 cm³/mol. The summed E-state index contributed by atoms with van der Waals surface area (Å²) in [6.07, 6.45) is 4.69. The lowest BCUT2D eigenvalue weighted by molar-refractivity contribution is 0.331. The van der Waals surface area contributed by atoms with Crippen LogP contribution in [0.2, 0.25) is 0 Å². The number of H-pyrrole nitrogens is 1. The zero-order valence-corrected chi connectivity index (χ0v) is 19.4. The normalized spacial score (nSPS) is 17.0. The highest BCUT2D eigenvalue weighted by Gasteiger charge is 2.36. The predicted octanol–water partition coefficient (Wildman–Crippen LogP) is 6.63. The van der Waals surface area contributed by atoms with Crippen LogP contribution in [0.25, 0.3) is 17.0 Å². The topological polar surface area (TPSA) is 54.5 Å². The van der Waals surface area contributed by atoms with Crippen LogP contribution >= 0.6 is 0 Å². The third kappa shape index (κ3) is 4.69. The van der Waals surface area contributed by atoms with Crippen molar-refractivity contribution in [1.82, 2.24) is 20.6 Å². The van der Waals surface area contributed by atoms with E-state index in [-0.39, 0.29) is 0 Å². The van der Waals surface area contributed by atoms with Crippen molar-refractivity contribution in [2.24, 2.45) is 0 Å². The molecular formula is C26H34N4. The van der Waals surface area contributed by atoms with E-state index in [9.17, 15) is 0 Å². The summed E-state index contributed by atoms with van der Waals surface area (Å²) >= 11 is 0. The number of aromatic amines is 1. The van der Waals surface area contributed by atoms with Crippen molar-refractivity contribution in [3.8, 4) is 11.4 Å². The van der Waals surface area contributed by atoms with Gasteiger partial charge in [0.2, 0.25) is 5.82 Å². The maximum absolute atomic E-state index is 3.92. The Labute approximate surface area is 180 Å². The van der Waals surface area contributed by atoms with Gasteiger partial charge in [0.15, 0.2) is 0 Å². The first-order valence-corrected chi connectivity index (χ1v) is 10.7. The average Bonchev–Trinajstić information content (AvgIpc) is 3.26. The highest BCUT2D eigenvalue weighted by atomic mass is 15.5. The molecular weight excluding hydrogens is 368 g/mol. The highest BCUT2D eigenvalue weighted by molar-refractivity contribution is 5.66. The van der Waals surface area contributed by atoms with Gasteiger partial charge in [0, 0.05) is 5.56 Å². The van der Waals surface area contributed by atoms with Crippen LogP contribution in [0.1, 0.15) is 76.6 Å². The van der Waals surface area contributed by atoms with Gasteiger partial charge in [-0.3, -0.25) is 0 Å². The van der Waals surface area contributed by atoms with Gasteiger partial charge in [-0.25, -0.2) is 0 Å². The number of nitrogens with one attached hydrogen (secondary N) is 1. The number of benzene rings is 2. The minimum atomic E-state index is 0.358. The van der Waals surface area contributed by atoms with Gasteiger partial charge in [0.1, 0.15) is 0 Å². The molecule has 158 valence electrons. The molecule has 4 rings (SSSR count). The van der Waals surface area contributed by atoms with Crippen molar-refractivity contribution in [3.05, 3.63) is 70.8 Å². The van der Waals surface area contributed by atoms with Crippen LogP contribution in [0.5, 0.6) is 0 Å². The van der Waals surface area contributed by atoms with Crippen molar-refractivity contribution in [3.63, 3.8) is 0 Å². The molecule has 1 aliphatic rings. The molecule has 0 unspecified atom stereocenters. The van der Waals surface area contributed by atoms with Gasteiger partial charge in [0.05, 0.1) is 0 Å². The summed E-state index contributed by atoms with van der Waals surface area (Å²) < 4.78 is 0. The Bertz CT molecular complexity index is 1010. The third-order valence-corrected chi connectivity index (χ3v) is 6.39. The number of fused-ring (bicyclic) bond motifs is 1. The number of hydrogen-bond donors (Lipinski definition) is 1. The molecule has 1 aliphatic carbocycles. The molecule has 0 radical (unpaired) electrons. The lowest BCUT2D eigenvalue weighted by Gasteiger charge is -2.42. The second-order valence-electron chi connectivity index (χ2n) is 9.60. The van der Waals surface area contributed by atoms with E-state index in [2.05, 4.69) is 98.6 Å². The Hall–Kier alpha value is -2.75. The number of tetrazole rings is 1. The van der Waals surface area contributed by atoms with Crippen LogP contribution in [-0.2, 0) is 10.8 Å². The molecule has 0 atom stereocenters. The Morgan fingerprint density at radius 1 is 0.933 bits per heavy atom. The molecule has 0 saturated heterocycles. The zero-order valence-electron chi connectivity index (χ0n) is 19.4. The van der Waals surface area contributed by atoms with Crippen LogP contribution in [0, 0.1) is 6.92 Å². The molecule has 1 aromatic heterocycles. The van der Waals surface area contributed by atoms with Crippen LogP contribution < -0.4 is 0 Å². The van der Waals surface area contributed by atoms with Crippen molar-refractivity contribution >= 4 is 5.57 Å². The van der Waals surface area contributed by atoms with Crippen molar-refractivity contribution in [2.45, 2.75) is 72.1 Å². The summed E-state index contributed by atoms with van der Waals surface area (Å²) in [5.41, 5.74) is 8.67. The van der Waals surface area contributed by atoms with Gasteiger partial charge in [-0.2, -0.15) is 5.21 Å². The molecule has 0 amide bonds. The van der Waals surface area contributed by atoms with Gasteiger partial charge < -0.3 is 0 Å². The van der Waals surface area contributed by atoms with Gasteiger partial charge in [-0.05, 0) is 71.9 Å². The fourth-order valence-electron chi connectivity index (χ4n) is 4.04. The van der Waals surface area contributed by atoms with E-state index in [1.807, 2.05) is 19.1 Å². The number of aryl methyl sites for hydroxylation is 1. The van der Waals surface area contributed by atoms with Crippen LogP contribution in [0.4, 0.5) is 0 Å². The van der Waals surface area contributed by atoms with E-state index >= 15 is 0 Å². The number of allylic oxidation sites excluding steroid dienone is 2. The van der Waals surface area contributed by atoms with Gasteiger partial charge in [0.25, 0.3) is 0 Å². The van der Waals surface area contributed by atoms with E-state index in [1.165, 1.54) is 29.5 Å². The first-order chi connectivity index (χ1) is 14.1. The SMILES string of the molecule is C/C=C(\C)c1ccc(-c2nn[nH]n2)cc1.Cc1ccc2c(c1)C(C)(C)CCC2(C)C. The maximum atomic E-state index is 3.92. The zero-order chi connectivity index (χ0) is 21.9. The Morgan fingerprint density at radius 2 is 1.57 bits per heavy atom. The molecule has 30 heavy (non-hydrogen) atoms. The summed E-state index contributed by atoms with van der Waals surface area (Å²) in [6.45, 7) is 15.8. The molecule has 4 heteroatoms. The number of aromatic nitrogens is 4. The summed E-state index contributed by atoms with van der Waals surface area (Å²) in [4.78, 5) is 0. The van der Waals surface area contributed by atoms with Gasteiger partial charge in [-0.15, -0.1) is 10.2 Å². The van der Waals surface area contributed by atoms with Gasteiger partial charge >= 0.3 is 0 Å². The second kappa shape index (κ2) is 8.55. The molecule has 0 spiro atoms. The number of hydrogen-bond acceptors (Lipinski definition) is 3. The van der Waals surface area contributed by atoms with Crippen molar-refractivity contribution < 1.29 is 0 Å². The lowest BCUT2D eigenvalue weighted by atomic mass is 9.63. The average molecular weight is 403 g/mol. The van der Waals surface area contributed by atoms with Crippen LogP contribution in [-0.4, -0.2) is 20.6 Å². The fraction of sp³-hybridized carbons (Fsp3) is 0.423. The summed E-state index contributed by atoms with van der Waals surface area (Å²) in [6, 6.07) is 15.1. The Morgan fingerprint density at radius 3 is 2.13 bits per heavy atom. The summed E-state index contributed by atoms with van der Waals surface area (Å²) in [5.74, 6) is 0.625. The molecule has 3 aromatic rings. The fourth-order valence-corrected chi connectivity index (χ4v) is 4.04. The quantitative estimate of drug-likeness (QED) is 0.523. The van der Waals surface area contributed by atoms with Gasteiger partial charge in [-0.1, -0.05) is 81.8 Å². The molecule has 4 nitrogen and oxygen atoms in total. The molecule has 0 bridgehead atoms. The van der Waals surface area contributed by atoms with Crippen molar-refractivity contribution in [1.29, 1.82) is 0 Å². The second-order valence-corrected chi connectivity index (χ2v) is 9.60. The van der Waals surface area contributed by atoms with Crippen LogP contribution in [0.3, 0.4) is 0 Å².